The van der Waals surface area contributed by atoms with E-state index in [2.05, 4.69) is 41.7 Å². The number of amides is 1. The van der Waals surface area contributed by atoms with Crippen LogP contribution in [0.5, 0.6) is 5.75 Å². The number of fused-ring (bicyclic) bond motifs is 1. The number of nitrogens with one attached hydrogen (secondary N) is 3. The molecule has 190 valence electrons. The number of nitrogens with zero attached hydrogens (tertiary/aromatic N) is 1. The second kappa shape index (κ2) is 10.3. The van der Waals surface area contributed by atoms with Gasteiger partial charge in [0.15, 0.2) is 5.75 Å². The molecule has 4 aromatic rings. The Morgan fingerprint density at radius 1 is 0.865 bits per heavy atom. The van der Waals surface area contributed by atoms with Crippen molar-refractivity contribution in [1.82, 2.24) is 4.98 Å². The van der Waals surface area contributed by atoms with Crippen LogP contribution in [0.4, 0.5) is 17.2 Å². The van der Waals surface area contributed by atoms with Gasteiger partial charge in [-0.05, 0) is 57.6 Å². The normalized spacial score (nSPS) is 11.2. The zero-order chi connectivity index (χ0) is 26.7. The summed E-state index contributed by atoms with van der Waals surface area (Å²) in [4.78, 5) is 31.1. The van der Waals surface area contributed by atoms with Gasteiger partial charge in [-0.1, -0.05) is 51.1 Å². The first-order valence-corrected chi connectivity index (χ1v) is 12.1. The van der Waals surface area contributed by atoms with Gasteiger partial charge in [-0.3, -0.25) is 9.59 Å². The second-order valence-electron chi connectivity index (χ2n) is 9.78. The van der Waals surface area contributed by atoms with Crippen molar-refractivity contribution in [2.24, 2.45) is 0 Å². The third-order valence-corrected chi connectivity index (χ3v) is 6.38. The van der Waals surface area contributed by atoms with Crippen LogP contribution in [0.2, 0.25) is 0 Å². The minimum atomic E-state index is -0.732. The van der Waals surface area contributed by atoms with Crippen LogP contribution in [0.3, 0.4) is 0 Å². The lowest BCUT2D eigenvalue weighted by atomic mass is 9.86. The number of ketones is 1. The first-order valence-electron chi connectivity index (χ1n) is 12.1. The fourth-order valence-corrected chi connectivity index (χ4v) is 4.31. The highest BCUT2D eigenvalue weighted by atomic mass is 16.5. The monoisotopic (exact) mass is 496 g/mol. The fraction of sp³-hybridized carbons (Fsp3) is 0.233. The van der Waals surface area contributed by atoms with Gasteiger partial charge in [-0.2, -0.15) is 0 Å². The summed E-state index contributed by atoms with van der Waals surface area (Å²) in [6.07, 6.45) is 1.79. The third kappa shape index (κ3) is 5.11. The minimum absolute atomic E-state index is 0.173. The summed E-state index contributed by atoms with van der Waals surface area (Å²) in [5, 5.41) is 10.5. The maximum Gasteiger partial charge on any atom is 0.296 e. The molecule has 7 nitrogen and oxygen atoms in total. The van der Waals surface area contributed by atoms with Crippen LogP contribution in [0, 0.1) is 0 Å². The van der Waals surface area contributed by atoms with Crippen molar-refractivity contribution < 1.29 is 14.3 Å². The van der Waals surface area contributed by atoms with E-state index in [1.54, 1.807) is 19.3 Å². The van der Waals surface area contributed by atoms with Gasteiger partial charge in [0.25, 0.3) is 11.7 Å². The highest BCUT2D eigenvalue weighted by molar-refractivity contribution is 6.48. The van der Waals surface area contributed by atoms with Gasteiger partial charge in [0.05, 0.1) is 18.5 Å². The summed E-state index contributed by atoms with van der Waals surface area (Å²) < 4.78 is 5.57. The smallest absolute Gasteiger partial charge is 0.296 e. The van der Waals surface area contributed by atoms with Crippen molar-refractivity contribution in [2.75, 3.05) is 37.2 Å². The van der Waals surface area contributed by atoms with Crippen LogP contribution < -0.4 is 20.7 Å². The summed E-state index contributed by atoms with van der Waals surface area (Å²) in [6, 6.07) is 18.9. The number of hydrogen-bond donors (Lipinski definition) is 3. The molecule has 0 unspecified atom stereocenters. The first kappa shape index (κ1) is 25.7. The van der Waals surface area contributed by atoms with Crippen LogP contribution in [-0.2, 0) is 10.2 Å². The van der Waals surface area contributed by atoms with Crippen LogP contribution in [0.15, 0.2) is 66.9 Å². The number of carbonyl (C=O) groups excluding carboxylic acids is 2. The van der Waals surface area contributed by atoms with Crippen LogP contribution in [0.25, 0.3) is 21.9 Å². The molecule has 0 saturated heterocycles. The Kier molecular flexibility index (Phi) is 7.16. The zero-order valence-corrected chi connectivity index (χ0v) is 22.0. The van der Waals surface area contributed by atoms with E-state index in [0.29, 0.717) is 22.4 Å². The number of pyridine rings is 1. The zero-order valence-electron chi connectivity index (χ0n) is 22.0. The molecule has 37 heavy (non-hydrogen) atoms. The molecule has 0 aliphatic heterocycles. The second-order valence-corrected chi connectivity index (χ2v) is 9.78. The van der Waals surface area contributed by atoms with Crippen molar-refractivity contribution in [2.45, 2.75) is 26.2 Å². The number of rotatable bonds is 7. The Morgan fingerprint density at radius 3 is 2.16 bits per heavy atom. The number of carbonyl (C=O) groups is 2. The standard InChI is InChI=1S/C30H32N4O3/c1-30(2,3)19-15-24(31-4)28(37-6)25(16-19)34-29(36)27(35)23-13-12-20(21-9-7-8-10-22(21)23)18-11-14-26(32-5)33-17-18/h7-17,31H,1-6H3,(H,32,33)(H,34,36). The third-order valence-electron chi connectivity index (χ3n) is 6.38. The maximum absolute atomic E-state index is 13.4. The molecule has 0 aliphatic rings. The van der Waals surface area contributed by atoms with E-state index in [-0.39, 0.29) is 5.41 Å². The average Bonchev–Trinajstić information content (AvgIpc) is 2.91. The number of benzene rings is 3. The van der Waals surface area contributed by atoms with Crippen LogP contribution in [-0.4, -0.2) is 37.9 Å². The molecule has 0 radical (unpaired) electrons. The Labute approximate surface area is 217 Å². The van der Waals surface area contributed by atoms with Gasteiger partial charge in [0.1, 0.15) is 5.82 Å². The van der Waals surface area contributed by atoms with E-state index in [4.69, 9.17) is 4.74 Å². The van der Waals surface area contributed by atoms with Gasteiger partial charge in [-0.25, -0.2) is 4.98 Å². The lowest BCUT2D eigenvalue weighted by Gasteiger charge is -2.23. The molecular formula is C30H32N4O3. The number of hydrogen-bond acceptors (Lipinski definition) is 6. The largest absolute Gasteiger partial charge is 0.492 e. The van der Waals surface area contributed by atoms with Crippen molar-refractivity contribution in [3.63, 3.8) is 0 Å². The van der Waals surface area contributed by atoms with E-state index in [1.165, 1.54) is 7.11 Å². The summed E-state index contributed by atoms with van der Waals surface area (Å²) in [5.74, 6) is -0.122. The molecule has 3 aromatic carbocycles. The molecule has 0 saturated carbocycles. The number of Topliss-reactive ketones (excluding diaryl/α,β-unsaturated/α-hetero) is 1. The van der Waals surface area contributed by atoms with Gasteiger partial charge in [0.2, 0.25) is 0 Å². The predicted molar refractivity (Wildman–Crippen MR) is 151 cm³/mol. The van der Waals surface area contributed by atoms with Crippen LogP contribution in [0.1, 0.15) is 36.7 Å². The summed E-state index contributed by atoms with van der Waals surface area (Å²) in [6.45, 7) is 6.25. The molecule has 4 rings (SSSR count). The fourth-order valence-electron chi connectivity index (χ4n) is 4.31. The highest BCUT2D eigenvalue weighted by Gasteiger charge is 2.24. The molecule has 0 fully saturated rings. The minimum Gasteiger partial charge on any atom is -0.492 e. The van der Waals surface area contributed by atoms with E-state index in [0.717, 1.165) is 33.6 Å². The van der Waals surface area contributed by atoms with E-state index in [9.17, 15) is 9.59 Å². The molecular weight excluding hydrogens is 464 g/mol. The first-order chi connectivity index (χ1) is 17.7. The summed E-state index contributed by atoms with van der Waals surface area (Å²) in [5.41, 5.74) is 4.17. The quantitative estimate of drug-likeness (QED) is 0.211. The van der Waals surface area contributed by atoms with E-state index < -0.39 is 11.7 Å². The van der Waals surface area contributed by atoms with E-state index in [1.807, 2.05) is 61.6 Å². The number of ether oxygens (including phenoxy) is 1. The van der Waals surface area contributed by atoms with Crippen LogP contribution >= 0.6 is 0 Å². The SMILES string of the molecule is CNc1ccc(-c2ccc(C(=O)C(=O)Nc3cc(C(C)(C)C)cc(NC)c3OC)c3ccccc23)cn1. The Bertz CT molecular complexity index is 1470. The molecule has 1 aromatic heterocycles. The van der Waals surface area contributed by atoms with Gasteiger partial charge in [0, 0.05) is 31.4 Å². The van der Waals surface area contributed by atoms with Gasteiger partial charge >= 0.3 is 0 Å². The lowest BCUT2D eigenvalue weighted by Crippen LogP contribution is -2.24. The summed E-state index contributed by atoms with van der Waals surface area (Å²) in [7, 11) is 5.14. The molecule has 1 heterocycles. The Morgan fingerprint density at radius 2 is 1.57 bits per heavy atom. The molecule has 3 N–H and O–H groups in total. The van der Waals surface area contributed by atoms with Crippen molar-refractivity contribution in [3.05, 3.63) is 78.0 Å². The number of methoxy groups -OCH3 is 1. The lowest BCUT2D eigenvalue weighted by molar-refractivity contribution is -0.112. The molecule has 0 atom stereocenters. The summed E-state index contributed by atoms with van der Waals surface area (Å²) >= 11 is 0. The maximum atomic E-state index is 13.4. The molecule has 1 amide bonds. The number of aromatic nitrogens is 1. The molecule has 7 heteroatoms. The Balaban J connectivity index is 1.73. The highest BCUT2D eigenvalue weighted by Crippen LogP contribution is 2.39. The topological polar surface area (TPSA) is 92.4 Å². The van der Waals surface area contributed by atoms with Crippen molar-refractivity contribution >= 4 is 39.7 Å². The molecule has 0 aliphatic carbocycles. The van der Waals surface area contributed by atoms with Crippen molar-refractivity contribution in [3.8, 4) is 16.9 Å². The molecule has 0 spiro atoms. The van der Waals surface area contributed by atoms with E-state index >= 15 is 0 Å². The Hall–Kier alpha value is -4.39. The van der Waals surface area contributed by atoms with Gasteiger partial charge in [-0.15, -0.1) is 0 Å². The predicted octanol–water partition coefficient (Wildman–Crippen LogP) is 6.11. The number of anilines is 3. The molecule has 0 bridgehead atoms. The van der Waals surface area contributed by atoms with Gasteiger partial charge < -0.3 is 20.7 Å². The average molecular weight is 497 g/mol. The van der Waals surface area contributed by atoms with Crippen molar-refractivity contribution in [1.29, 1.82) is 0 Å².